The third kappa shape index (κ3) is 1.93. The molecule has 0 fully saturated rings. The van der Waals surface area contributed by atoms with E-state index in [0.717, 1.165) is 14.6 Å². The lowest BCUT2D eigenvalue weighted by atomic mass is 10.2. The smallest absolute Gasteiger partial charge is 0.337 e. The van der Waals surface area contributed by atoms with Gasteiger partial charge in [-0.2, -0.15) is 0 Å². The fourth-order valence-corrected chi connectivity index (χ4v) is 2.35. The molecule has 2 radical (unpaired) electrons. The number of aryl methyl sites for hydroxylation is 1. The first-order valence-corrected chi connectivity index (χ1v) is 6.59. The minimum absolute atomic E-state index is 0.206. The van der Waals surface area contributed by atoms with Gasteiger partial charge in [-0.05, 0) is 26.0 Å². The zero-order chi connectivity index (χ0) is 15.1. The van der Waals surface area contributed by atoms with Gasteiger partial charge in [-0.25, -0.2) is 14.3 Å². The Hall–Kier alpha value is -2.57. The van der Waals surface area contributed by atoms with Gasteiger partial charge in [0.2, 0.25) is 7.98 Å². The van der Waals surface area contributed by atoms with E-state index in [0.29, 0.717) is 5.69 Å². The zero-order valence-corrected chi connectivity index (χ0v) is 11.8. The summed E-state index contributed by atoms with van der Waals surface area (Å²) in [6, 6.07) is 7.43. The standard InChI is InChI=1S/C14H13BN4O2/c1-3-17-13(20)11-12(16-8-18(11)15)19(14(17)21)10-6-4-9(2)5-7-10/h4-8H,3H2,1-2H3. The molecule has 104 valence electrons. The molecule has 0 spiro atoms. The van der Waals surface area contributed by atoms with Crippen molar-refractivity contribution in [3.05, 3.63) is 57.0 Å². The van der Waals surface area contributed by atoms with E-state index in [1.54, 1.807) is 6.92 Å². The molecule has 0 atom stereocenters. The third-order valence-electron chi connectivity index (χ3n) is 3.46. The van der Waals surface area contributed by atoms with Gasteiger partial charge in [0.1, 0.15) is 5.52 Å². The number of hydrogen-bond donors (Lipinski definition) is 0. The predicted octanol–water partition coefficient (Wildman–Crippen LogP) is 0.609. The molecule has 3 aromatic rings. The van der Waals surface area contributed by atoms with Crippen LogP contribution in [0.15, 0.2) is 40.2 Å². The summed E-state index contributed by atoms with van der Waals surface area (Å²) in [4.78, 5) is 29.0. The molecule has 0 amide bonds. The highest BCUT2D eigenvalue weighted by Crippen LogP contribution is 2.12. The first kappa shape index (κ1) is 13.4. The van der Waals surface area contributed by atoms with Gasteiger partial charge < -0.3 is 4.48 Å². The molecular weight excluding hydrogens is 267 g/mol. The van der Waals surface area contributed by atoms with Crippen LogP contribution < -0.4 is 11.2 Å². The van der Waals surface area contributed by atoms with Crippen LogP contribution in [0.2, 0.25) is 0 Å². The Morgan fingerprint density at radius 1 is 1.19 bits per heavy atom. The van der Waals surface area contributed by atoms with Crippen LogP contribution in [0.4, 0.5) is 0 Å². The van der Waals surface area contributed by atoms with Gasteiger partial charge in [-0.1, -0.05) is 17.7 Å². The number of aromatic nitrogens is 4. The summed E-state index contributed by atoms with van der Waals surface area (Å²) < 4.78 is 3.70. The Balaban J connectivity index is 2.50. The van der Waals surface area contributed by atoms with Crippen LogP contribution in [-0.2, 0) is 6.54 Å². The van der Waals surface area contributed by atoms with E-state index in [1.807, 2.05) is 31.2 Å². The predicted molar refractivity (Wildman–Crippen MR) is 81.2 cm³/mol. The van der Waals surface area contributed by atoms with Gasteiger partial charge in [0.15, 0.2) is 5.65 Å². The molecule has 0 bridgehead atoms. The molecule has 0 unspecified atom stereocenters. The van der Waals surface area contributed by atoms with Crippen molar-refractivity contribution in [2.75, 3.05) is 0 Å². The molecule has 1 aromatic carbocycles. The number of hydrogen-bond acceptors (Lipinski definition) is 3. The van der Waals surface area contributed by atoms with Crippen molar-refractivity contribution < 1.29 is 0 Å². The van der Waals surface area contributed by atoms with Crippen molar-refractivity contribution in [3.8, 4) is 5.69 Å². The van der Waals surface area contributed by atoms with Gasteiger partial charge in [-0.15, -0.1) is 0 Å². The lowest BCUT2D eigenvalue weighted by Crippen LogP contribution is -2.39. The van der Waals surface area contributed by atoms with E-state index >= 15 is 0 Å². The molecule has 2 aromatic heterocycles. The van der Waals surface area contributed by atoms with Crippen molar-refractivity contribution >= 4 is 19.1 Å². The monoisotopic (exact) mass is 280 g/mol. The molecular formula is C14H13BN4O2. The highest BCUT2D eigenvalue weighted by atomic mass is 16.2. The lowest BCUT2D eigenvalue weighted by Gasteiger charge is -2.11. The van der Waals surface area contributed by atoms with Crippen LogP contribution in [0.5, 0.6) is 0 Å². The van der Waals surface area contributed by atoms with E-state index in [2.05, 4.69) is 4.98 Å². The molecule has 0 aliphatic carbocycles. The highest BCUT2D eigenvalue weighted by molar-refractivity contribution is 6.10. The van der Waals surface area contributed by atoms with Crippen LogP contribution in [0, 0.1) is 6.92 Å². The molecule has 6 nitrogen and oxygen atoms in total. The van der Waals surface area contributed by atoms with E-state index < -0.39 is 11.2 Å². The summed E-state index contributed by atoms with van der Waals surface area (Å²) in [6.45, 7) is 3.97. The Morgan fingerprint density at radius 2 is 1.86 bits per heavy atom. The molecule has 0 aliphatic rings. The van der Waals surface area contributed by atoms with Gasteiger partial charge in [0.25, 0.3) is 5.56 Å². The number of fused-ring (bicyclic) bond motifs is 1. The zero-order valence-electron chi connectivity index (χ0n) is 11.8. The minimum atomic E-state index is -0.430. The molecule has 0 aliphatic heterocycles. The summed E-state index contributed by atoms with van der Waals surface area (Å²) in [5.41, 5.74) is 1.35. The fraction of sp³-hybridized carbons (Fsp3) is 0.214. The van der Waals surface area contributed by atoms with E-state index in [4.69, 9.17) is 7.98 Å². The Kier molecular flexibility index (Phi) is 3.05. The van der Waals surface area contributed by atoms with E-state index in [9.17, 15) is 9.59 Å². The van der Waals surface area contributed by atoms with Crippen molar-refractivity contribution in [2.24, 2.45) is 0 Å². The SMILES string of the molecule is [B]n1cnc2c1c(=O)n(CC)c(=O)n2-c1ccc(C)cc1. The van der Waals surface area contributed by atoms with Crippen molar-refractivity contribution in [3.63, 3.8) is 0 Å². The third-order valence-corrected chi connectivity index (χ3v) is 3.46. The molecule has 0 saturated carbocycles. The normalized spacial score (nSPS) is 11.1. The maximum Gasteiger partial charge on any atom is 0.337 e. The van der Waals surface area contributed by atoms with Crippen LogP contribution in [0.1, 0.15) is 12.5 Å². The second-order valence-electron chi connectivity index (χ2n) is 4.83. The summed E-state index contributed by atoms with van der Waals surface area (Å²) in [5.74, 6) is 0. The van der Waals surface area contributed by atoms with Crippen LogP contribution in [0.25, 0.3) is 16.9 Å². The maximum absolute atomic E-state index is 12.6. The summed E-state index contributed by atoms with van der Waals surface area (Å²) in [6.07, 6.45) is 1.33. The van der Waals surface area contributed by atoms with Gasteiger partial charge >= 0.3 is 5.69 Å². The topological polar surface area (TPSA) is 61.8 Å². The summed E-state index contributed by atoms with van der Waals surface area (Å²) in [5, 5.41) is 0. The average molecular weight is 280 g/mol. The fourth-order valence-electron chi connectivity index (χ4n) is 2.35. The second-order valence-corrected chi connectivity index (χ2v) is 4.83. The van der Waals surface area contributed by atoms with Gasteiger partial charge in [0, 0.05) is 6.54 Å². The van der Waals surface area contributed by atoms with Crippen molar-refractivity contribution in [1.82, 2.24) is 18.6 Å². The molecule has 3 rings (SSSR count). The average Bonchev–Trinajstić information content (AvgIpc) is 2.83. The number of imidazole rings is 1. The molecule has 0 saturated heterocycles. The lowest BCUT2D eigenvalue weighted by molar-refractivity contribution is 0.659. The van der Waals surface area contributed by atoms with Crippen LogP contribution >= 0.6 is 0 Å². The largest absolute Gasteiger partial charge is 0.381 e. The Labute approximate surface area is 121 Å². The first-order chi connectivity index (χ1) is 10.0. The summed E-state index contributed by atoms with van der Waals surface area (Å²) >= 11 is 0. The first-order valence-electron chi connectivity index (χ1n) is 6.59. The molecule has 21 heavy (non-hydrogen) atoms. The summed E-state index contributed by atoms with van der Waals surface area (Å²) in [7, 11) is 5.75. The number of nitrogens with zero attached hydrogens (tertiary/aromatic N) is 4. The molecule has 2 heterocycles. The Morgan fingerprint density at radius 3 is 2.48 bits per heavy atom. The molecule has 0 N–H and O–H groups in total. The van der Waals surface area contributed by atoms with Crippen LogP contribution in [-0.4, -0.2) is 26.6 Å². The maximum atomic E-state index is 12.6. The minimum Gasteiger partial charge on any atom is -0.381 e. The van der Waals surface area contributed by atoms with E-state index in [-0.39, 0.29) is 17.7 Å². The van der Waals surface area contributed by atoms with Crippen molar-refractivity contribution in [2.45, 2.75) is 20.4 Å². The number of benzene rings is 1. The van der Waals surface area contributed by atoms with Crippen LogP contribution in [0.3, 0.4) is 0 Å². The molecule has 7 heteroatoms. The van der Waals surface area contributed by atoms with Crippen molar-refractivity contribution in [1.29, 1.82) is 0 Å². The van der Waals surface area contributed by atoms with E-state index in [1.165, 1.54) is 10.9 Å². The quantitative estimate of drug-likeness (QED) is 0.646. The Bertz CT molecular complexity index is 934. The van der Waals surface area contributed by atoms with Gasteiger partial charge in [0.05, 0.1) is 12.0 Å². The number of rotatable bonds is 2. The van der Waals surface area contributed by atoms with Gasteiger partial charge in [-0.3, -0.25) is 9.36 Å². The highest BCUT2D eigenvalue weighted by Gasteiger charge is 2.16. The second kappa shape index (κ2) is 4.77.